The van der Waals surface area contributed by atoms with Crippen LogP contribution in [-0.4, -0.2) is 15.2 Å². The second-order valence-corrected chi connectivity index (χ2v) is 7.27. The van der Waals surface area contributed by atoms with Gasteiger partial charge in [-0.2, -0.15) is 10.4 Å². The molecule has 1 aliphatic carbocycles. The van der Waals surface area contributed by atoms with Crippen LogP contribution in [0, 0.1) is 18.3 Å². The van der Waals surface area contributed by atoms with Gasteiger partial charge in [-0.1, -0.05) is 6.07 Å². The minimum Gasteiger partial charge on any atom is -0.442 e. The number of hydrogen-bond acceptors (Lipinski definition) is 5. The van der Waals surface area contributed by atoms with Gasteiger partial charge in [0.05, 0.1) is 29.4 Å². The summed E-state index contributed by atoms with van der Waals surface area (Å²) in [5.74, 6) is 0.645. The van der Waals surface area contributed by atoms with Crippen molar-refractivity contribution in [2.45, 2.75) is 32.2 Å². The van der Waals surface area contributed by atoms with Gasteiger partial charge >= 0.3 is 0 Å². The van der Waals surface area contributed by atoms with Crippen LogP contribution in [0.15, 0.2) is 47.3 Å². The van der Waals surface area contributed by atoms with Gasteiger partial charge in [0, 0.05) is 11.1 Å². The van der Waals surface area contributed by atoms with Gasteiger partial charge in [-0.05, 0) is 67.1 Å². The van der Waals surface area contributed by atoms with Crippen LogP contribution in [-0.2, 0) is 6.42 Å². The molecule has 0 saturated heterocycles. The fourth-order valence-corrected chi connectivity index (χ4v) is 4.06. The number of rotatable bonds is 3. The zero-order valence-corrected chi connectivity index (χ0v) is 15.5. The number of anilines is 1. The molecule has 4 aromatic rings. The van der Waals surface area contributed by atoms with Crippen molar-refractivity contribution in [3.8, 4) is 17.5 Å². The molecule has 0 unspecified atom stereocenters. The van der Waals surface area contributed by atoms with Gasteiger partial charge < -0.3 is 9.73 Å². The van der Waals surface area contributed by atoms with Gasteiger partial charge in [-0.25, -0.2) is 4.98 Å². The van der Waals surface area contributed by atoms with Gasteiger partial charge in [0.15, 0.2) is 12.2 Å². The van der Waals surface area contributed by atoms with Gasteiger partial charge in [-0.15, -0.1) is 0 Å². The smallest absolute Gasteiger partial charge is 0.181 e. The summed E-state index contributed by atoms with van der Waals surface area (Å²) in [6.07, 6.45) is 6.28. The lowest BCUT2D eigenvalue weighted by molar-refractivity contribution is 0.570. The standard InChI is InChI=1S/C22H19N5O/c1-13-7-17-14(8-15(13)10-23)3-2-4-19(17)25-16-5-6-20-18(9-16)22(27-26-20)21-11-24-12-28-21/h5-9,11-12,19,25H,2-4H2,1H3,(H,26,27)/t19-/m0/s1. The van der Waals surface area contributed by atoms with Crippen LogP contribution in [0.25, 0.3) is 22.4 Å². The SMILES string of the molecule is Cc1cc2c(cc1C#N)CCC[C@@H]2Nc1ccc2[nH]nc(-c3cnco3)c2c1. The molecular formula is C22H19N5O. The summed E-state index contributed by atoms with van der Waals surface area (Å²) < 4.78 is 5.42. The summed E-state index contributed by atoms with van der Waals surface area (Å²) in [6.45, 7) is 2.01. The largest absolute Gasteiger partial charge is 0.442 e. The fourth-order valence-electron chi connectivity index (χ4n) is 4.06. The van der Waals surface area contributed by atoms with Crippen LogP contribution in [0.5, 0.6) is 0 Å². The van der Waals surface area contributed by atoms with Crippen molar-refractivity contribution < 1.29 is 4.42 Å². The normalized spacial score (nSPS) is 15.9. The average molecular weight is 369 g/mol. The van der Waals surface area contributed by atoms with Crippen molar-refractivity contribution in [2.24, 2.45) is 0 Å². The molecule has 0 fully saturated rings. The molecular weight excluding hydrogens is 350 g/mol. The minimum absolute atomic E-state index is 0.230. The zero-order chi connectivity index (χ0) is 19.1. The van der Waals surface area contributed by atoms with E-state index in [1.165, 1.54) is 17.5 Å². The molecule has 2 N–H and O–H groups in total. The maximum absolute atomic E-state index is 9.32. The lowest BCUT2D eigenvalue weighted by Gasteiger charge is -2.28. The fraction of sp³-hybridized carbons (Fsp3) is 0.227. The van der Waals surface area contributed by atoms with Crippen molar-refractivity contribution >= 4 is 16.6 Å². The molecule has 5 rings (SSSR count). The second-order valence-electron chi connectivity index (χ2n) is 7.27. The van der Waals surface area contributed by atoms with E-state index in [2.05, 4.69) is 50.8 Å². The third-order valence-electron chi connectivity index (χ3n) is 5.49. The number of nitrogens with one attached hydrogen (secondary N) is 2. The van der Waals surface area contributed by atoms with Crippen LogP contribution in [0.1, 0.15) is 41.1 Å². The number of nitrogens with zero attached hydrogens (tertiary/aromatic N) is 3. The van der Waals surface area contributed by atoms with E-state index in [0.717, 1.165) is 52.7 Å². The first-order valence-corrected chi connectivity index (χ1v) is 9.40. The molecule has 2 heterocycles. The number of aromatic nitrogens is 3. The molecule has 6 nitrogen and oxygen atoms in total. The molecule has 0 saturated carbocycles. The summed E-state index contributed by atoms with van der Waals surface area (Å²) in [5.41, 5.74) is 7.13. The number of aromatic amines is 1. The summed E-state index contributed by atoms with van der Waals surface area (Å²) in [4.78, 5) is 3.99. The monoisotopic (exact) mass is 369 g/mol. The van der Waals surface area contributed by atoms with E-state index in [1.807, 2.05) is 13.0 Å². The third-order valence-corrected chi connectivity index (χ3v) is 5.49. The molecule has 2 aromatic carbocycles. The Kier molecular flexibility index (Phi) is 3.87. The first kappa shape index (κ1) is 16.6. The highest BCUT2D eigenvalue weighted by molar-refractivity contribution is 5.93. The first-order valence-electron chi connectivity index (χ1n) is 9.40. The predicted molar refractivity (Wildman–Crippen MR) is 107 cm³/mol. The summed E-state index contributed by atoms with van der Waals surface area (Å²) in [5, 5.41) is 21.4. The summed E-state index contributed by atoms with van der Waals surface area (Å²) in [7, 11) is 0. The molecule has 0 aliphatic heterocycles. The lowest BCUT2D eigenvalue weighted by Crippen LogP contribution is -2.18. The number of hydrogen-bond donors (Lipinski definition) is 2. The van der Waals surface area contributed by atoms with Crippen molar-refractivity contribution in [3.63, 3.8) is 0 Å². The van der Waals surface area contributed by atoms with E-state index in [1.54, 1.807) is 6.20 Å². The Bertz CT molecular complexity index is 1200. The van der Waals surface area contributed by atoms with Gasteiger partial charge in [0.1, 0.15) is 5.69 Å². The first-order chi connectivity index (χ1) is 13.7. The summed E-state index contributed by atoms with van der Waals surface area (Å²) in [6, 6.07) is 12.9. The number of nitriles is 1. The summed E-state index contributed by atoms with van der Waals surface area (Å²) >= 11 is 0. The molecule has 0 bridgehead atoms. The van der Waals surface area contributed by atoms with Crippen LogP contribution in [0.3, 0.4) is 0 Å². The van der Waals surface area contributed by atoms with Crippen molar-refractivity contribution in [2.75, 3.05) is 5.32 Å². The molecule has 28 heavy (non-hydrogen) atoms. The van der Waals surface area contributed by atoms with Gasteiger partial charge in [0.2, 0.25) is 0 Å². The van der Waals surface area contributed by atoms with Gasteiger partial charge in [-0.3, -0.25) is 5.10 Å². The van der Waals surface area contributed by atoms with Crippen LogP contribution in [0.2, 0.25) is 0 Å². The van der Waals surface area contributed by atoms with Crippen molar-refractivity contribution in [1.29, 1.82) is 5.26 Å². The van der Waals surface area contributed by atoms with Crippen LogP contribution < -0.4 is 5.32 Å². The number of benzene rings is 2. The maximum atomic E-state index is 9.32. The highest BCUT2D eigenvalue weighted by Gasteiger charge is 2.22. The maximum Gasteiger partial charge on any atom is 0.181 e. The second kappa shape index (κ2) is 6.54. The zero-order valence-electron chi connectivity index (χ0n) is 15.5. The molecule has 0 amide bonds. The van der Waals surface area contributed by atoms with Crippen LogP contribution in [0.4, 0.5) is 5.69 Å². The molecule has 0 radical (unpaired) electrons. The topological polar surface area (TPSA) is 90.5 Å². The Morgan fingerprint density at radius 2 is 2.21 bits per heavy atom. The molecule has 0 spiro atoms. The number of aryl methyl sites for hydroxylation is 2. The molecule has 6 heteroatoms. The Hall–Kier alpha value is -3.59. The highest BCUT2D eigenvalue weighted by atomic mass is 16.3. The Morgan fingerprint density at radius 3 is 3.04 bits per heavy atom. The molecule has 1 aliphatic rings. The molecule has 1 atom stereocenters. The highest BCUT2D eigenvalue weighted by Crippen LogP contribution is 2.35. The number of fused-ring (bicyclic) bond motifs is 2. The van der Waals surface area contributed by atoms with Crippen molar-refractivity contribution in [1.82, 2.24) is 15.2 Å². The van der Waals surface area contributed by atoms with E-state index < -0.39 is 0 Å². The minimum atomic E-state index is 0.230. The lowest BCUT2D eigenvalue weighted by atomic mass is 9.85. The number of H-pyrrole nitrogens is 1. The average Bonchev–Trinajstić information content (AvgIpc) is 3.37. The number of oxazole rings is 1. The van der Waals surface area contributed by atoms with Gasteiger partial charge in [0.25, 0.3) is 0 Å². The van der Waals surface area contributed by atoms with Crippen molar-refractivity contribution in [3.05, 3.63) is 65.2 Å². The van der Waals surface area contributed by atoms with E-state index in [9.17, 15) is 5.26 Å². The van der Waals surface area contributed by atoms with E-state index in [4.69, 9.17) is 4.42 Å². The van der Waals surface area contributed by atoms with E-state index in [0.29, 0.717) is 5.76 Å². The Balaban J connectivity index is 1.51. The predicted octanol–water partition coefficient (Wildman–Crippen LogP) is 4.89. The Labute approximate surface area is 162 Å². The Morgan fingerprint density at radius 1 is 1.29 bits per heavy atom. The molecule has 2 aromatic heterocycles. The van der Waals surface area contributed by atoms with E-state index in [-0.39, 0.29) is 6.04 Å². The van der Waals surface area contributed by atoms with Crippen LogP contribution >= 0.6 is 0 Å². The quantitative estimate of drug-likeness (QED) is 0.537. The molecule has 138 valence electrons. The van der Waals surface area contributed by atoms with E-state index >= 15 is 0 Å². The third kappa shape index (κ3) is 2.72.